The van der Waals surface area contributed by atoms with E-state index in [-0.39, 0.29) is 29.7 Å². The van der Waals surface area contributed by atoms with E-state index in [1.165, 1.54) is 0 Å². The topological polar surface area (TPSA) is 152 Å². The van der Waals surface area contributed by atoms with Crippen molar-refractivity contribution in [2.75, 3.05) is 32.5 Å². The lowest BCUT2D eigenvalue weighted by Gasteiger charge is -2.19. The average molecular weight is 524 g/mol. The number of carbonyl (C=O) groups excluding carboxylic acids is 1. The van der Waals surface area contributed by atoms with Gasteiger partial charge in [0.15, 0.2) is 11.3 Å². The molecule has 5 rings (SSSR count). The standard InChI is InChI=1S/C27H37N7O4/c1-3-4-11-38-27-30-22-20(32-33-23(22)25(28)31-27)13-18-6-5-16(12-21(18)37-2)14-34-10-9-19(15-34)29-26(36)24(35)17-7-8-17/h5-6,12,17,19,24,35H,3-4,7-11,13-15H2,1-2H3,(H,29,36)(H,32,33)(H2,28,30,31). The molecule has 1 saturated heterocycles. The molecule has 1 amide bonds. The molecule has 1 aliphatic heterocycles. The number of hydrogen-bond acceptors (Lipinski definition) is 9. The number of aromatic amines is 1. The van der Waals surface area contributed by atoms with Crippen LogP contribution < -0.4 is 20.5 Å². The van der Waals surface area contributed by atoms with Crippen molar-refractivity contribution >= 4 is 22.8 Å². The Kier molecular flexibility index (Phi) is 7.94. The number of fused-ring (bicyclic) bond motifs is 1. The summed E-state index contributed by atoms with van der Waals surface area (Å²) in [4.78, 5) is 23.3. The predicted molar refractivity (Wildman–Crippen MR) is 143 cm³/mol. The Hall–Kier alpha value is -3.44. The van der Waals surface area contributed by atoms with Gasteiger partial charge in [-0.2, -0.15) is 15.1 Å². The first kappa shape index (κ1) is 26.2. The minimum Gasteiger partial charge on any atom is -0.496 e. The van der Waals surface area contributed by atoms with E-state index in [0.717, 1.165) is 74.3 Å². The van der Waals surface area contributed by atoms with Crippen LogP contribution in [0.25, 0.3) is 11.0 Å². The number of methoxy groups -OCH3 is 1. The number of aliphatic hydroxyl groups excluding tert-OH is 1. The number of carbonyl (C=O) groups is 1. The summed E-state index contributed by atoms with van der Waals surface area (Å²) in [5.41, 5.74) is 10.2. The molecule has 2 aromatic heterocycles. The number of aromatic nitrogens is 4. The van der Waals surface area contributed by atoms with Gasteiger partial charge in [-0.1, -0.05) is 25.5 Å². The Bertz CT molecular complexity index is 1280. The molecular formula is C27H37N7O4. The summed E-state index contributed by atoms with van der Waals surface area (Å²) in [5, 5.41) is 20.5. The molecule has 3 heterocycles. The lowest BCUT2D eigenvalue weighted by molar-refractivity contribution is -0.131. The van der Waals surface area contributed by atoms with Gasteiger partial charge in [0.05, 0.1) is 19.4 Å². The summed E-state index contributed by atoms with van der Waals surface area (Å²) < 4.78 is 11.4. The van der Waals surface area contributed by atoms with Gasteiger partial charge >= 0.3 is 6.01 Å². The Morgan fingerprint density at radius 1 is 1.29 bits per heavy atom. The molecule has 0 radical (unpaired) electrons. The molecule has 1 aliphatic carbocycles. The van der Waals surface area contributed by atoms with Crippen molar-refractivity contribution in [1.29, 1.82) is 0 Å². The number of unbranched alkanes of at least 4 members (excludes halogenated alkanes) is 1. The number of amides is 1. The minimum absolute atomic E-state index is 0.0657. The molecule has 1 saturated carbocycles. The van der Waals surface area contributed by atoms with Crippen LogP contribution in [-0.2, 0) is 17.8 Å². The second kappa shape index (κ2) is 11.5. The van der Waals surface area contributed by atoms with E-state index >= 15 is 0 Å². The Labute approximate surface area is 222 Å². The number of aliphatic hydroxyl groups is 1. The second-order valence-electron chi connectivity index (χ2n) is 10.3. The van der Waals surface area contributed by atoms with E-state index in [0.29, 0.717) is 24.1 Å². The fourth-order valence-electron chi connectivity index (χ4n) is 4.93. The number of ether oxygens (including phenoxy) is 2. The quantitative estimate of drug-likeness (QED) is 0.262. The molecule has 5 N–H and O–H groups in total. The van der Waals surface area contributed by atoms with E-state index in [1.54, 1.807) is 7.11 Å². The monoisotopic (exact) mass is 523 g/mol. The first-order chi connectivity index (χ1) is 18.4. The number of likely N-dealkylation sites (tertiary alicyclic amines) is 1. The maximum atomic E-state index is 12.3. The van der Waals surface area contributed by atoms with Crippen LogP contribution in [0.1, 0.15) is 55.8 Å². The number of benzene rings is 1. The third-order valence-corrected chi connectivity index (χ3v) is 7.29. The third-order valence-electron chi connectivity index (χ3n) is 7.29. The van der Waals surface area contributed by atoms with E-state index in [1.807, 2.05) is 0 Å². The highest BCUT2D eigenvalue weighted by atomic mass is 16.5. The van der Waals surface area contributed by atoms with E-state index in [9.17, 15) is 9.90 Å². The van der Waals surface area contributed by atoms with Crippen LogP contribution in [0.3, 0.4) is 0 Å². The number of hydrogen-bond donors (Lipinski definition) is 4. The second-order valence-corrected chi connectivity index (χ2v) is 10.3. The van der Waals surface area contributed by atoms with Crippen LogP contribution in [0.5, 0.6) is 11.8 Å². The third kappa shape index (κ3) is 5.99. The lowest BCUT2D eigenvalue weighted by atomic mass is 10.0. The summed E-state index contributed by atoms with van der Waals surface area (Å²) in [5.74, 6) is 0.976. The van der Waals surface area contributed by atoms with Crippen LogP contribution in [0.15, 0.2) is 18.2 Å². The molecule has 2 fully saturated rings. The van der Waals surface area contributed by atoms with Gasteiger partial charge in [-0.05, 0) is 43.2 Å². The first-order valence-corrected chi connectivity index (χ1v) is 13.4. The van der Waals surface area contributed by atoms with Gasteiger partial charge in [-0.25, -0.2) is 0 Å². The summed E-state index contributed by atoms with van der Waals surface area (Å²) in [6, 6.07) is 6.54. The van der Waals surface area contributed by atoms with E-state index in [4.69, 9.17) is 15.2 Å². The van der Waals surface area contributed by atoms with Crippen LogP contribution in [0.2, 0.25) is 0 Å². The van der Waals surface area contributed by atoms with Crippen LogP contribution in [0, 0.1) is 5.92 Å². The largest absolute Gasteiger partial charge is 0.496 e. The van der Waals surface area contributed by atoms with Gasteiger partial charge in [-0.3, -0.25) is 14.8 Å². The van der Waals surface area contributed by atoms with Gasteiger partial charge in [-0.15, -0.1) is 0 Å². The number of nitrogen functional groups attached to an aromatic ring is 1. The average Bonchev–Trinajstić information content (AvgIpc) is 3.55. The molecule has 38 heavy (non-hydrogen) atoms. The maximum Gasteiger partial charge on any atom is 0.319 e. The normalized spacial score (nSPS) is 18.6. The highest BCUT2D eigenvalue weighted by Crippen LogP contribution is 2.33. The number of nitrogens with two attached hydrogens (primary N) is 1. The van der Waals surface area contributed by atoms with Crippen LogP contribution >= 0.6 is 0 Å². The molecule has 204 valence electrons. The molecule has 11 heteroatoms. The molecule has 11 nitrogen and oxygen atoms in total. The molecule has 2 atom stereocenters. The van der Waals surface area contributed by atoms with Crippen LogP contribution in [0.4, 0.5) is 5.82 Å². The predicted octanol–water partition coefficient (Wildman–Crippen LogP) is 2.17. The molecule has 3 aromatic rings. The molecule has 0 spiro atoms. The molecule has 0 bridgehead atoms. The van der Waals surface area contributed by atoms with Crippen molar-refractivity contribution in [3.63, 3.8) is 0 Å². The van der Waals surface area contributed by atoms with Gasteiger partial charge in [0.25, 0.3) is 0 Å². The first-order valence-electron chi connectivity index (χ1n) is 13.4. The van der Waals surface area contributed by atoms with Gasteiger partial charge in [0, 0.05) is 37.7 Å². The number of nitrogens with zero attached hydrogens (tertiary/aromatic N) is 4. The summed E-state index contributed by atoms with van der Waals surface area (Å²) >= 11 is 0. The van der Waals surface area contributed by atoms with Gasteiger partial charge < -0.3 is 25.6 Å². The van der Waals surface area contributed by atoms with E-state index < -0.39 is 6.10 Å². The Morgan fingerprint density at radius 2 is 2.13 bits per heavy atom. The highest BCUT2D eigenvalue weighted by molar-refractivity contribution is 5.86. The van der Waals surface area contributed by atoms with Gasteiger partial charge in [0.2, 0.25) is 5.91 Å². The minimum atomic E-state index is -0.865. The number of anilines is 1. The SMILES string of the molecule is CCCCOc1nc(N)c2n[nH]c(Cc3ccc(CN4CCC(NC(=O)C(O)C5CC5)C4)cc3OC)c2n1. The Balaban J connectivity index is 1.23. The van der Waals surface area contributed by atoms with Gasteiger partial charge in [0.1, 0.15) is 17.4 Å². The zero-order chi connectivity index (χ0) is 26.6. The zero-order valence-electron chi connectivity index (χ0n) is 22.1. The summed E-state index contributed by atoms with van der Waals surface area (Å²) in [7, 11) is 1.67. The summed E-state index contributed by atoms with van der Waals surface area (Å²) in [6.45, 7) is 5.04. The molecular weight excluding hydrogens is 486 g/mol. The number of nitrogens with one attached hydrogen (secondary N) is 2. The van der Waals surface area contributed by atoms with Crippen molar-refractivity contribution in [2.24, 2.45) is 5.92 Å². The molecule has 2 aliphatic rings. The fourth-order valence-corrected chi connectivity index (χ4v) is 4.93. The van der Waals surface area contributed by atoms with Crippen LogP contribution in [-0.4, -0.2) is 75.0 Å². The van der Waals surface area contributed by atoms with Crippen molar-refractivity contribution in [3.8, 4) is 11.8 Å². The van der Waals surface area contributed by atoms with Crippen molar-refractivity contribution in [3.05, 3.63) is 35.0 Å². The highest BCUT2D eigenvalue weighted by Gasteiger charge is 2.36. The number of rotatable bonds is 12. The van der Waals surface area contributed by atoms with E-state index in [2.05, 4.69) is 55.5 Å². The molecule has 1 aromatic carbocycles. The lowest BCUT2D eigenvalue weighted by Crippen LogP contribution is -2.43. The Morgan fingerprint density at radius 3 is 2.89 bits per heavy atom. The van der Waals surface area contributed by atoms with Crippen molar-refractivity contribution in [1.82, 2.24) is 30.4 Å². The maximum absolute atomic E-state index is 12.3. The number of H-pyrrole nitrogens is 1. The van der Waals surface area contributed by atoms with Crippen molar-refractivity contribution in [2.45, 2.75) is 64.1 Å². The van der Waals surface area contributed by atoms with Crippen molar-refractivity contribution < 1.29 is 19.4 Å². The zero-order valence-corrected chi connectivity index (χ0v) is 22.1. The fraction of sp³-hybridized carbons (Fsp3) is 0.556. The molecule has 2 unspecified atom stereocenters. The summed E-state index contributed by atoms with van der Waals surface area (Å²) in [6.07, 6.45) is 4.36. The smallest absolute Gasteiger partial charge is 0.319 e.